The second-order valence-corrected chi connectivity index (χ2v) is 6.08. The van der Waals surface area contributed by atoms with Crippen LogP contribution >= 0.6 is 0 Å². The fraction of sp³-hybridized carbons (Fsp3) is 0.250. The van der Waals surface area contributed by atoms with Gasteiger partial charge in [-0.1, -0.05) is 12.1 Å². The molecule has 0 heterocycles. The van der Waals surface area contributed by atoms with E-state index in [9.17, 15) is 9.90 Å². The molecule has 1 N–H and O–H groups in total. The number of benzene rings is 2. The molecular formula is C20H20O3. The summed E-state index contributed by atoms with van der Waals surface area (Å²) in [5.41, 5.74) is 3.42. The molecule has 23 heavy (non-hydrogen) atoms. The van der Waals surface area contributed by atoms with E-state index in [0.29, 0.717) is 12.0 Å². The first-order valence-corrected chi connectivity index (χ1v) is 7.87. The van der Waals surface area contributed by atoms with Crippen LogP contribution < -0.4 is 4.74 Å². The molecular weight excluding hydrogens is 288 g/mol. The molecule has 0 unspecified atom stereocenters. The molecule has 0 bridgehead atoms. The Kier molecular flexibility index (Phi) is 4.20. The Bertz CT molecular complexity index is 755. The van der Waals surface area contributed by atoms with Crippen molar-refractivity contribution >= 4 is 11.9 Å². The van der Waals surface area contributed by atoms with Gasteiger partial charge in [0.15, 0.2) is 5.78 Å². The third kappa shape index (κ3) is 3.45. The second kappa shape index (κ2) is 6.29. The first-order chi connectivity index (χ1) is 11.0. The molecule has 0 spiro atoms. The van der Waals surface area contributed by atoms with Crippen LogP contribution in [0.25, 0.3) is 6.08 Å². The number of hydrogen-bond donors (Lipinski definition) is 1. The third-order valence-corrected chi connectivity index (χ3v) is 3.88. The summed E-state index contributed by atoms with van der Waals surface area (Å²) in [6.45, 7) is 3.98. The summed E-state index contributed by atoms with van der Waals surface area (Å²) >= 11 is 0. The minimum absolute atomic E-state index is 0.0498. The van der Waals surface area contributed by atoms with Crippen molar-refractivity contribution in [3.63, 3.8) is 0 Å². The van der Waals surface area contributed by atoms with Crippen molar-refractivity contribution in [3.8, 4) is 11.5 Å². The standard InChI is InChI=1S/C20H20O3/c1-13(2)23-18-8-3-14(4-9-18)11-16-6-5-15-12-17(21)7-10-19(15)20(16)22/h3-4,7-13,21H,5-6H2,1-2H3/b16-11+. The lowest BCUT2D eigenvalue weighted by molar-refractivity contribution is 0.102. The molecule has 3 rings (SSSR count). The molecule has 3 nitrogen and oxygen atoms in total. The Balaban J connectivity index is 1.83. The summed E-state index contributed by atoms with van der Waals surface area (Å²) in [5, 5.41) is 9.53. The van der Waals surface area contributed by atoms with E-state index < -0.39 is 0 Å². The molecule has 118 valence electrons. The number of rotatable bonds is 3. The summed E-state index contributed by atoms with van der Waals surface area (Å²) in [6.07, 6.45) is 3.55. The number of ether oxygens (including phenoxy) is 1. The minimum atomic E-state index is 0.0498. The Morgan fingerprint density at radius 1 is 1.09 bits per heavy atom. The SMILES string of the molecule is CC(C)Oc1ccc(/C=C2\CCc3cc(O)ccc3C2=O)cc1. The summed E-state index contributed by atoms with van der Waals surface area (Å²) < 4.78 is 5.63. The molecule has 0 radical (unpaired) electrons. The zero-order chi connectivity index (χ0) is 16.4. The van der Waals surface area contributed by atoms with E-state index in [1.807, 2.05) is 44.2 Å². The number of ketones is 1. The molecule has 1 aliphatic carbocycles. The highest BCUT2D eigenvalue weighted by atomic mass is 16.5. The summed E-state index contributed by atoms with van der Waals surface area (Å²) in [7, 11) is 0. The molecule has 0 aromatic heterocycles. The van der Waals surface area contributed by atoms with Gasteiger partial charge in [-0.05, 0) is 74.2 Å². The normalized spacial score (nSPS) is 15.8. The van der Waals surface area contributed by atoms with Crippen molar-refractivity contribution < 1.29 is 14.6 Å². The molecule has 0 fully saturated rings. The predicted octanol–water partition coefficient (Wildman–Crippen LogP) is 4.39. The molecule has 0 atom stereocenters. The smallest absolute Gasteiger partial charge is 0.189 e. The number of allylic oxidation sites excluding steroid dienone is 1. The van der Waals surface area contributed by atoms with Crippen LogP contribution in [0.15, 0.2) is 48.0 Å². The van der Waals surface area contributed by atoms with Gasteiger partial charge in [0.2, 0.25) is 0 Å². The van der Waals surface area contributed by atoms with Gasteiger partial charge in [0.05, 0.1) is 6.10 Å². The van der Waals surface area contributed by atoms with Gasteiger partial charge in [0.25, 0.3) is 0 Å². The Labute approximate surface area is 136 Å². The van der Waals surface area contributed by atoms with Crippen molar-refractivity contribution in [1.82, 2.24) is 0 Å². The van der Waals surface area contributed by atoms with Crippen molar-refractivity contribution in [2.75, 3.05) is 0 Å². The van der Waals surface area contributed by atoms with Crippen LogP contribution in [-0.2, 0) is 6.42 Å². The number of phenolic OH excluding ortho intramolecular Hbond substituents is 1. The monoisotopic (exact) mass is 308 g/mol. The van der Waals surface area contributed by atoms with Crippen molar-refractivity contribution in [2.45, 2.75) is 32.8 Å². The molecule has 3 heteroatoms. The highest BCUT2D eigenvalue weighted by Gasteiger charge is 2.21. The Hall–Kier alpha value is -2.55. The molecule has 0 saturated carbocycles. The number of aryl methyl sites for hydroxylation is 1. The largest absolute Gasteiger partial charge is 0.508 e. The Morgan fingerprint density at radius 2 is 1.83 bits per heavy atom. The zero-order valence-electron chi connectivity index (χ0n) is 13.4. The number of fused-ring (bicyclic) bond motifs is 1. The van der Waals surface area contributed by atoms with Gasteiger partial charge in [0, 0.05) is 11.1 Å². The maximum atomic E-state index is 12.6. The maximum absolute atomic E-state index is 12.6. The molecule has 0 amide bonds. The van der Waals surface area contributed by atoms with Gasteiger partial charge in [-0.3, -0.25) is 4.79 Å². The van der Waals surface area contributed by atoms with E-state index in [0.717, 1.165) is 28.9 Å². The second-order valence-electron chi connectivity index (χ2n) is 6.08. The summed E-state index contributed by atoms with van der Waals surface area (Å²) in [6, 6.07) is 12.7. The lowest BCUT2D eigenvalue weighted by Gasteiger charge is -2.17. The lowest BCUT2D eigenvalue weighted by Crippen LogP contribution is -2.13. The molecule has 2 aromatic carbocycles. The molecule has 1 aliphatic rings. The number of aromatic hydroxyl groups is 1. The van der Waals surface area contributed by atoms with E-state index in [1.165, 1.54) is 0 Å². The zero-order valence-corrected chi connectivity index (χ0v) is 13.4. The van der Waals surface area contributed by atoms with Crippen molar-refractivity contribution in [3.05, 3.63) is 64.7 Å². The quantitative estimate of drug-likeness (QED) is 0.855. The molecule has 0 aliphatic heterocycles. The van der Waals surface area contributed by atoms with Crippen LogP contribution in [0.2, 0.25) is 0 Å². The van der Waals surface area contributed by atoms with E-state index >= 15 is 0 Å². The van der Waals surface area contributed by atoms with Crippen LogP contribution in [0.5, 0.6) is 11.5 Å². The number of hydrogen-bond acceptors (Lipinski definition) is 3. The van der Waals surface area contributed by atoms with Crippen LogP contribution in [-0.4, -0.2) is 17.0 Å². The molecule has 2 aromatic rings. The summed E-state index contributed by atoms with van der Waals surface area (Å²) in [5.74, 6) is 1.09. The van der Waals surface area contributed by atoms with E-state index in [1.54, 1.807) is 18.2 Å². The maximum Gasteiger partial charge on any atom is 0.189 e. The predicted molar refractivity (Wildman–Crippen MR) is 90.9 cm³/mol. The van der Waals surface area contributed by atoms with Gasteiger partial charge in [-0.2, -0.15) is 0 Å². The first-order valence-electron chi connectivity index (χ1n) is 7.87. The third-order valence-electron chi connectivity index (χ3n) is 3.88. The highest BCUT2D eigenvalue weighted by Crippen LogP contribution is 2.29. The van der Waals surface area contributed by atoms with Crippen LogP contribution in [0, 0.1) is 0 Å². The minimum Gasteiger partial charge on any atom is -0.508 e. The number of Topliss-reactive ketones (excluding diaryl/α,β-unsaturated/α-hetero) is 1. The Morgan fingerprint density at radius 3 is 2.52 bits per heavy atom. The van der Waals surface area contributed by atoms with Crippen molar-refractivity contribution in [2.24, 2.45) is 0 Å². The number of carbonyl (C=O) groups excluding carboxylic acids is 1. The topological polar surface area (TPSA) is 46.5 Å². The van der Waals surface area contributed by atoms with Gasteiger partial charge in [-0.15, -0.1) is 0 Å². The van der Waals surface area contributed by atoms with Gasteiger partial charge >= 0.3 is 0 Å². The average molecular weight is 308 g/mol. The van der Waals surface area contributed by atoms with Crippen LogP contribution in [0.4, 0.5) is 0 Å². The van der Waals surface area contributed by atoms with Gasteiger partial charge in [0.1, 0.15) is 11.5 Å². The van der Waals surface area contributed by atoms with Gasteiger partial charge < -0.3 is 9.84 Å². The van der Waals surface area contributed by atoms with E-state index in [4.69, 9.17) is 4.74 Å². The van der Waals surface area contributed by atoms with Crippen LogP contribution in [0.1, 0.15) is 41.8 Å². The van der Waals surface area contributed by atoms with E-state index in [-0.39, 0.29) is 17.6 Å². The number of carbonyl (C=O) groups is 1. The van der Waals surface area contributed by atoms with Crippen LogP contribution in [0.3, 0.4) is 0 Å². The lowest BCUT2D eigenvalue weighted by atomic mass is 9.86. The average Bonchev–Trinajstić information content (AvgIpc) is 2.51. The van der Waals surface area contributed by atoms with E-state index in [2.05, 4.69) is 0 Å². The first kappa shape index (κ1) is 15.3. The fourth-order valence-corrected chi connectivity index (χ4v) is 2.82. The van der Waals surface area contributed by atoms with Gasteiger partial charge in [-0.25, -0.2) is 0 Å². The van der Waals surface area contributed by atoms with Crippen molar-refractivity contribution in [1.29, 1.82) is 0 Å². The summed E-state index contributed by atoms with van der Waals surface area (Å²) in [4.78, 5) is 12.6. The number of phenols is 1. The highest BCUT2D eigenvalue weighted by molar-refractivity contribution is 6.13. The fourth-order valence-electron chi connectivity index (χ4n) is 2.82. The molecule has 0 saturated heterocycles.